The van der Waals surface area contributed by atoms with Crippen LogP contribution in [0.15, 0.2) is 0 Å². The molecule has 3 aliphatic rings. The first-order valence-corrected chi connectivity index (χ1v) is 11.3. The minimum Gasteiger partial charge on any atom is -0.335 e. The summed E-state index contributed by atoms with van der Waals surface area (Å²) in [5, 5.41) is 15.5. The Hall–Kier alpha value is -2.00. The lowest BCUT2D eigenvalue weighted by Crippen LogP contribution is -2.66. The van der Waals surface area contributed by atoms with E-state index in [0.29, 0.717) is 43.2 Å². The summed E-state index contributed by atoms with van der Waals surface area (Å²) in [5.41, 5.74) is 0. The van der Waals surface area contributed by atoms with E-state index in [0.717, 1.165) is 44.9 Å². The number of carbonyl (C=O) groups is 4. The van der Waals surface area contributed by atoms with Crippen molar-refractivity contribution in [3.05, 3.63) is 0 Å². The molecule has 168 valence electrons. The number of quaternary nitrogens is 1. The number of likely N-dealkylation sites (tertiary alicyclic amines) is 1. The van der Waals surface area contributed by atoms with E-state index in [2.05, 4.69) is 10.6 Å². The first kappa shape index (κ1) is 22.7. The van der Waals surface area contributed by atoms with Crippen LogP contribution in [-0.4, -0.2) is 64.3 Å². The van der Waals surface area contributed by atoms with Crippen molar-refractivity contribution in [2.75, 3.05) is 13.1 Å². The van der Waals surface area contributed by atoms with Gasteiger partial charge in [0.2, 0.25) is 6.41 Å². The quantitative estimate of drug-likeness (QED) is 0.252. The SMILES string of the molecule is C[C@@H]1CCC[N+]1(C(=O)NC(=O)NC1CCC1)C(=O)[C@H](CC1CCCC1)CN(O)C=O. The molecule has 0 spiro atoms. The maximum Gasteiger partial charge on any atom is 0.432 e. The number of urea groups is 2. The molecule has 3 atom stereocenters. The first-order chi connectivity index (χ1) is 14.4. The molecule has 6 amide bonds. The summed E-state index contributed by atoms with van der Waals surface area (Å²) in [5.74, 6) is -0.604. The highest BCUT2D eigenvalue weighted by Crippen LogP contribution is 2.35. The molecule has 30 heavy (non-hydrogen) atoms. The molecule has 0 radical (unpaired) electrons. The highest BCUT2D eigenvalue weighted by atomic mass is 16.5. The van der Waals surface area contributed by atoms with Crippen molar-refractivity contribution in [1.29, 1.82) is 0 Å². The van der Waals surface area contributed by atoms with Crippen LogP contribution in [0, 0.1) is 11.8 Å². The Kier molecular flexibility index (Phi) is 7.46. The normalized spacial score (nSPS) is 27.9. The zero-order valence-electron chi connectivity index (χ0n) is 17.8. The minimum atomic E-state index is -0.649. The van der Waals surface area contributed by atoms with Crippen LogP contribution in [0.2, 0.25) is 0 Å². The lowest BCUT2D eigenvalue weighted by Gasteiger charge is -2.36. The molecule has 3 fully saturated rings. The number of hydroxylamine groups is 2. The Morgan fingerprint density at radius 3 is 2.33 bits per heavy atom. The van der Waals surface area contributed by atoms with Crippen LogP contribution in [0.1, 0.15) is 71.1 Å². The molecule has 0 aromatic carbocycles. The molecule has 0 bridgehead atoms. The van der Waals surface area contributed by atoms with Crippen molar-refractivity contribution in [3.8, 4) is 0 Å². The molecule has 3 rings (SSSR count). The Balaban J connectivity index is 1.77. The second kappa shape index (κ2) is 9.87. The maximum absolute atomic E-state index is 13.8. The average molecular weight is 424 g/mol. The van der Waals surface area contributed by atoms with Crippen LogP contribution >= 0.6 is 0 Å². The van der Waals surface area contributed by atoms with E-state index >= 15 is 0 Å². The number of carbonyl (C=O) groups excluding carboxylic acids is 4. The number of nitrogens with zero attached hydrogens (tertiary/aromatic N) is 2. The van der Waals surface area contributed by atoms with E-state index in [4.69, 9.17) is 0 Å². The molecule has 1 aliphatic heterocycles. The van der Waals surface area contributed by atoms with Gasteiger partial charge in [-0.2, -0.15) is 4.48 Å². The smallest absolute Gasteiger partial charge is 0.335 e. The fourth-order valence-corrected chi connectivity index (χ4v) is 5.27. The zero-order chi connectivity index (χ0) is 21.7. The standard InChI is InChI=1S/C21H34N4O5/c1-15-6-5-11-25(15,21(29)23-20(28)22-18-9-4-10-18)19(27)17(13-24(30)14-26)12-16-7-2-3-8-16/h14-18,30H,2-13H2,1H3,(H-,22,23,28,29)/p+1/t15-,17-,25?/m1/s1. The minimum absolute atomic E-state index is 0.0867. The van der Waals surface area contributed by atoms with Crippen LogP contribution in [0.4, 0.5) is 9.59 Å². The van der Waals surface area contributed by atoms with E-state index in [-0.39, 0.29) is 24.5 Å². The molecule has 0 aromatic rings. The van der Waals surface area contributed by atoms with Crippen molar-refractivity contribution in [2.24, 2.45) is 11.8 Å². The van der Waals surface area contributed by atoms with Crippen molar-refractivity contribution in [1.82, 2.24) is 15.7 Å². The number of hydrogen-bond acceptors (Lipinski definition) is 5. The molecule has 3 N–H and O–H groups in total. The molecule has 2 aliphatic carbocycles. The van der Waals surface area contributed by atoms with Gasteiger partial charge in [-0.05, 0) is 38.5 Å². The van der Waals surface area contributed by atoms with Gasteiger partial charge in [-0.25, -0.2) is 24.8 Å². The molecule has 2 saturated carbocycles. The summed E-state index contributed by atoms with van der Waals surface area (Å²) in [7, 11) is 0. The molecular weight excluding hydrogens is 388 g/mol. The van der Waals surface area contributed by atoms with Gasteiger partial charge >= 0.3 is 18.0 Å². The second-order valence-corrected chi connectivity index (χ2v) is 9.26. The number of nitrogens with one attached hydrogen (secondary N) is 2. The summed E-state index contributed by atoms with van der Waals surface area (Å²) >= 11 is 0. The summed E-state index contributed by atoms with van der Waals surface area (Å²) in [6.45, 7) is 2.06. The van der Waals surface area contributed by atoms with Crippen molar-refractivity contribution in [3.63, 3.8) is 0 Å². The van der Waals surface area contributed by atoms with Crippen LogP contribution < -0.4 is 10.6 Å². The predicted octanol–water partition coefficient (Wildman–Crippen LogP) is 2.53. The van der Waals surface area contributed by atoms with Crippen LogP contribution in [-0.2, 0) is 9.59 Å². The lowest BCUT2D eigenvalue weighted by molar-refractivity contribution is -0.786. The van der Waals surface area contributed by atoms with Gasteiger partial charge in [0, 0.05) is 18.9 Å². The van der Waals surface area contributed by atoms with Crippen LogP contribution in [0.25, 0.3) is 0 Å². The van der Waals surface area contributed by atoms with Gasteiger partial charge in [-0.1, -0.05) is 25.7 Å². The highest BCUT2D eigenvalue weighted by molar-refractivity contribution is 5.95. The van der Waals surface area contributed by atoms with Crippen molar-refractivity contribution >= 4 is 24.4 Å². The molecule has 1 unspecified atom stereocenters. The van der Waals surface area contributed by atoms with Gasteiger partial charge in [0.15, 0.2) is 0 Å². The maximum atomic E-state index is 13.8. The average Bonchev–Trinajstić information content (AvgIpc) is 3.33. The molecule has 9 nitrogen and oxygen atoms in total. The van der Waals surface area contributed by atoms with E-state index in [1.807, 2.05) is 6.92 Å². The highest BCUT2D eigenvalue weighted by Gasteiger charge is 2.55. The fraction of sp³-hybridized carbons (Fsp3) is 0.810. The number of hydrogen-bond donors (Lipinski definition) is 3. The third-order valence-electron chi connectivity index (χ3n) is 7.27. The predicted molar refractivity (Wildman–Crippen MR) is 108 cm³/mol. The third-order valence-corrected chi connectivity index (χ3v) is 7.27. The molecule has 9 heteroatoms. The van der Waals surface area contributed by atoms with Gasteiger partial charge in [-0.3, -0.25) is 10.0 Å². The first-order valence-electron chi connectivity index (χ1n) is 11.3. The van der Waals surface area contributed by atoms with Crippen LogP contribution in [0.3, 0.4) is 0 Å². The summed E-state index contributed by atoms with van der Waals surface area (Å²) in [6, 6.07) is -1.33. The van der Waals surface area contributed by atoms with Gasteiger partial charge in [0.05, 0.1) is 19.0 Å². The summed E-state index contributed by atoms with van der Waals surface area (Å²) in [6.07, 6.45) is 9.36. The Morgan fingerprint density at radius 2 is 1.80 bits per heavy atom. The van der Waals surface area contributed by atoms with Crippen molar-refractivity contribution in [2.45, 2.75) is 83.2 Å². The van der Waals surface area contributed by atoms with E-state index in [1.165, 1.54) is 0 Å². The van der Waals surface area contributed by atoms with Crippen LogP contribution in [0.5, 0.6) is 0 Å². The Labute approximate surface area is 177 Å². The largest absolute Gasteiger partial charge is 0.432 e. The molecule has 1 saturated heterocycles. The lowest BCUT2D eigenvalue weighted by atomic mass is 9.91. The Morgan fingerprint density at radius 1 is 1.10 bits per heavy atom. The molecule has 1 heterocycles. The van der Waals surface area contributed by atoms with Gasteiger partial charge < -0.3 is 5.32 Å². The summed E-state index contributed by atoms with van der Waals surface area (Å²) < 4.78 is -0.442. The van der Waals surface area contributed by atoms with Gasteiger partial charge in [0.25, 0.3) is 0 Å². The van der Waals surface area contributed by atoms with Crippen molar-refractivity contribution < 1.29 is 28.9 Å². The third kappa shape index (κ3) is 4.83. The molecule has 0 aromatic heterocycles. The summed E-state index contributed by atoms with van der Waals surface area (Å²) in [4.78, 5) is 50.3. The number of imide groups is 2. The fourth-order valence-electron chi connectivity index (χ4n) is 5.27. The number of rotatable bonds is 7. The monoisotopic (exact) mass is 423 g/mol. The van der Waals surface area contributed by atoms with E-state index in [9.17, 15) is 24.4 Å². The molecular formula is C21H35N4O5+. The van der Waals surface area contributed by atoms with E-state index in [1.54, 1.807) is 0 Å². The van der Waals surface area contributed by atoms with Gasteiger partial charge in [0.1, 0.15) is 6.04 Å². The Bertz CT molecular complexity index is 662. The number of amides is 6. The second-order valence-electron chi connectivity index (χ2n) is 9.26. The zero-order valence-corrected chi connectivity index (χ0v) is 17.8. The topological polar surface area (TPSA) is 116 Å². The van der Waals surface area contributed by atoms with Gasteiger partial charge in [-0.15, -0.1) is 0 Å². The van der Waals surface area contributed by atoms with E-state index < -0.39 is 22.5 Å².